The number of hydrogen-bond acceptors (Lipinski definition) is 4. The lowest BCUT2D eigenvalue weighted by Gasteiger charge is -2.50. The van der Waals surface area contributed by atoms with Crippen LogP contribution < -0.4 is 0 Å². The molecule has 2 aromatic rings. The molecule has 0 aromatic heterocycles. The molecule has 2 fully saturated rings. The van der Waals surface area contributed by atoms with E-state index in [0.29, 0.717) is 30.6 Å². The fourth-order valence-corrected chi connectivity index (χ4v) is 13.0. The van der Waals surface area contributed by atoms with Crippen molar-refractivity contribution in [1.82, 2.24) is 0 Å². The van der Waals surface area contributed by atoms with E-state index in [9.17, 15) is 9.59 Å². The normalized spacial score (nSPS) is 21.8. The lowest BCUT2D eigenvalue weighted by molar-refractivity contribution is -0.174. The number of benzene rings is 2. The molecule has 4 nitrogen and oxygen atoms in total. The Balaban J connectivity index is 1.74. The van der Waals surface area contributed by atoms with Crippen molar-refractivity contribution in [2.45, 2.75) is 112 Å². The fraction of sp³-hybridized carbons (Fsp3) is 0.641. The van der Waals surface area contributed by atoms with E-state index < -0.39 is 24.3 Å². The third kappa shape index (κ3) is 7.19. The van der Waals surface area contributed by atoms with Gasteiger partial charge in [-0.15, -0.1) is 0 Å². The van der Waals surface area contributed by atoms with E-state index >= 15 is 0 Å². The molecule has 0 saturated heterocycles. The molecule has 5 heteroatoms. The van der Waals surface area contributed by atoms with Gasteiger partial charge < -0.3 is 9.47 Å². The van der Waals surface area contributed by atoms with Crippen LogP contribution in [0.15, 0.2) is 60.7 Å². The summed E-state index contributed by atoms with van der Waals surface area (Å²) in [5.74, 6) is 0.558. The zero-order valence-corrected chi connectivity index (χ0v) is 30.0. The molecule has 44 heavy (non-hydrogen) atoms. The SMILES string of the molecule is C[C@@H]1[C@@H](C[Si](C)(C)C(c2ccccc2)c2ccccc2)CC(COC(=O)C(C)(C)C)(COC(=O)C(C)(C)C)C12CCCCC2. The molecule has 0 bridgehead atoms. The van der Waals surface area contributed by atoms with Crippen LogP contribution in [0.25, 0.3) is 0 Å². The Bertz CT molecular complexity index is 1180. The molecular formula is C39H58O4Si. The summed E-state index contributed by atoms with van der Waals surface area (Å²) in [6.45, 7) is 19.7. The summed E-state index contributed by atoms with van der Waals surface area (Å²) in [6.07, 6.45) is 6.73. The number of ether oxygens (including phenoxy) is 2. The van der Waals surface area contributed by atoms with E-state index in [1.54, 1.807) is 0 Å². The highest BCUT2D eigenvalue weighted by atomic mass is 28.3. The quantitative estimate of drug-likeness (QED) is 0.207. The van der Waals surface area contributed by atoms with Crippen LogP contribution in [-0.2, 0) is 19.1 Å². The van der Waals surface area contributed by atoms with Crippen LogP contribution in [0.5, 0.6) is 0 Å². The predicted octanol–water partition coefficient (Wildman–Crippen LogP) is 9.84. The number of hydrogen-bond donors (Lipinski definition) is 0. The summed E-state index contributed by atoms with van der Waals surface area (Å²) >= 11 is 0. The molecule has 1 spiro atoms. The summed E-state index contributed by atoms with van der Waals surface area (Å²) in [5.41, 5.74) is 1.60. The number of esters is 2. The summed E-state index contributed by atoms with van der Waals surface area (Å²) in [5, 5.41) is 0. The largest absolute Gasteiger partial charge is 0.465 e. The Hall–Kier alpha value is -2.40. The van der Waals surface area contributed by atoms with Crippen molar-refractivity contribution < 1.29 is 19.1 Å². The van der Waals surface area contributed by atoms with Crippen molar-refractivity contribution in [2.24, 2.45) is 33.5 Å². The monoisotopic (exact) mass is 618 g/mol. The summed E-state index contributed by atoms with van der Waals surface area (Å²) in [7, 11) is -1.93. The molecule has 2 aliphatic carbocycles. The zero-order chi connectivity index (χ0) is 32.4. The van der Waals surface area contributed by atoms with Crippen molar-refractivity contribution in [3.05, 3.63) is 71.8 Å². The van der Waals surface area contributed by atoms with Gasteiger partial charge in [-0.25, -0.2) is 0 Å². The smallest absolute Gasteiger partial charge is 0.311 e. The van der Waals surface area contributed by atoms with Crippen LogP contribution in [0.3, 0.4) is 0 Å². The second kappa shape index (κ2) is 13.1. The van der Waals surface area contributed by atoms with Gasteiger partial charge in [0.1, 0.15) is 13.2 Å². The Kier molecular flexibility index (Phi) is 10.3. The molecule has 4 rings (SSSR count). The number of carbonyl (C=O) groups excluding carboxylic acids is 2. The van der Waals surface area contributed by atoms with Gasteiger partial charge in [-0.3, -0.25) is 9.59 Å². The van der Waals surface area contributed by atoms with E-state index in [0.717, 1.165) is 19.3 Å². The second-order valence-electron chi connectivity index (χ2n) is 16.8. The van der Waals surface area contributed by atoms with Crippen molar-refractivity contribution in [2.75, 3.05) is 13.2 Å². The maximum absolute atomic E-state index is 13.2. The van der Waals surface area contributed by atoms with E-state index in [-0.39, 0.29) is 17.4 Å². The maximum Gasteiger partial charge on any atom is 0.311 e. The Morgan fingerprint density at radius 3 is 1.61 bits per heavy atom. The number of carbonyl (C=O) groups is 2. The highest BCUT2D eigenvalue weighted by Gasteiger charge is 2.63. The zero-order valence-electron chi connectivity index (χ0n) is 29.0. The van der Waals surface area contributed by atoms with Gasteiger partial charge in [-0.05, 0) is 89.2 Å². The lowest BCUT2D eigenvalue weighted by atomic mass is 9.56. The minimum atomic E-state index is -1.93. The molecule has 0 radical (unpaired) electrons. The highest BCUT2D eigenvalue weighted by Crippen LogP contribution is 2.67. The van der Waals surface area contributed by atoms with Crippen LogP contribution in [0.4, 0.5) is 0 Å². The van der Waals surface area contributed by atoms with Gasteiger partial charge in [0.25, 0.3) is 0 Å². The number of rotatable bonds is 9. The van der Waals surface area contributed by atoms with Gasteiger partial charge in [-0.2, -0.15) is 0 Å². The molecule has 2 aromatic carbocycles. The first-order valence-corrected chi connectivity index (χ1v) is 20.3. The highest BCUT2D eigenvalue weighted by molar-refractivity contribution is 6.79. The average molecular weight is 619 g/mol. The van der Waals surface area contributed by atoms with Gasteiger partial charge in [0.05, 0.1) is 18.9 Å². The maximum atomic E-state index is 13.2. The van der Waals surface area contributed by atoms with E-state index in [2.05, 4.69) is 80.7 Å². The van der Waals surface area contributed by atoms with Gasteiger partial charge in [0, 0.05) is 11.0 Å². The van der Waals surface area contributed by atoms with E-state index in [4.69, 9.17) is 9.47 Å². The third-order valence-corrected chi connectivity index (χ3v) is 14.9. The van der Waals surface area contributed by atoms with Gasteiger partial charge in [-0.1, -0.05) is 106 Å². The Morgan fingerprint density at radius 2 is 1.20 bits per heavy atom. The Labute approximate surface area is 268 Å². The molecule has 0 aliphatic heterocycles. The predicted molar refractivity (Wildman–Crippen MR) is 183 cm³/mol. The molecule has 0 N–H and O–H groups in total. The molecule has 2 atom stereocenters. The molecule has 0 heterocycles. The first-order chi connectivity index (χ1) is 20.5. The van der Waals surface area contributed by atoms with Gasteiger partial charge in [0.15, 0.2) is 0 Å². The Morgan fingerprint density at radius 1 is 0.773 bits per heavy atom. The van der Waals surface area contributed by atoms with Crippen LogP contribution in [-0.4, -0.2) is 33.2 Å². The molecule has 2 saturated carbocycles. The van der Waals surface area contributed by atoms with E-state index in [1.807, 2.05) is 41.5 Å². The molecular weight excluding hydrogens is 561 g/mol. The molecule has 2 aliphatic rings. The second-order valence-corrected chi connectivity index (χ2v) is 21.8. The minimum absolute atomic E-state index is 0.0221. The summed E-state index contributed by atoms with van der Waals surface area (Å²) in [4.78, 5) is 26.4. The van der Waals surface area contributed by atoms with Crippen molar-refractivity contribution in [3.8, 4) is 0 Å². The third-order valence-electron chi connectivity index (χ3n) is 11.1. The van der Waals surface area contributed by atoms with Crippen LogP contribution in [0.1, 0.15) is 104 Å². The fourth-order valence-electron chi connectivity index (χ4n) is 8.70. The minimum Gasteiger partial charge on any atom is -0.465 e. The van der Waals surface area contributed by atoms with Crippen molar-refractivity contribution in [1.29, 1.82) is 0 Å². The van der Waals surface area contributed by atoms with Crippen LogP contribution >= 0.6 is 0 Å². The van der Waals surface area contributed by atoms with E-state index in [1.165, 1.54) is 36.4 Å². The lowest BCUT2D eigenvalue weighted by Crippen LogP contribution is -2.50. The standard InChI is InChI=1S/C39H58O4Si/c1-29-32(26-44(8,9)33(30-19-13-10-14-20-30)31-21-15-11-16-22-31)25-38(27-42-34(40)36(2,3)4,28-43-35(41)37(5,6)7)39(29)23-17-12-18-24-39/h10-11,13-16,19-22,29,32-33H,12,17-18,23-28H2,1-9H3/t29-,32-/m1/s1. The van der Waals surface area contributed by atoms with Crippen molar-refractivity contribution >= 4 is 20.0 Å². The average Bonchev–Trinajstić information content (AvgIpc) is 3.17. The molecule has 0 unspecified atom stereocenters. The van der Waals surface area contributed by atoms with Crippen molar-refractivity contribution in [3.63, 3.8) is 0 Å². The van der Waals surface area contributed by atoms with Gasteiger partial charge >= 0.3 is 11.9 Å². The van der Waals surface area contributed by atoms with Crippen LogP contribution in [0, 0.1) is 33.5 Å². The van der Waals surface area contributed by atoms with Crippen LogP contribution in [0.2, 0.25) is 19.1 Å². The first-order valence-electron chi connectivity index (χ1n) is 17.0. The van der Waals surface area contributed by atoms with Gasteiger partial charge in [0.2, 0.25) is 0 Å². The molecule has 0 amide bonds. The summed E-state index contributed by atoms with van der Waals surface area (Å²) < 4.78 is 12.5. The first kappa shape index (κ1) is 34.5. The summed E-state index contributed by atoms with van der Waals surface area (Å²) in [6, 6.07) is 23.3. The topological polar surface area (TPSA) is 52.6 Å². The molecule has 242 valence electrons.